The van der Waals surface area contributed by atoms with Crippen LogP contribution in [0.3, 0.4) is 0 Å². The molecule has 2 N–H and O–H groups in total. The highest BCUT2D eigenvalue weighted by Gasteiger charge is 2.34. The van der Waals surface area contributed by atoms with Crippen LogP contribution >= 0.6 is 27.5 Å². The molecule has 0 heterocycles. The highest BCUT2D eigenvalue weighted by molar-refractivity contribution is 9.10. The van der Waals surface area contributed by atoms with Crippen molar-refractivity contribution >= 4 is 27.5 Å². The van der Waals surface area contributed by atoms with E-state index < -0.39 is 0 Å². The first kappa shape index (κ1) is 9.50. The van der Waals surface area contributed by atoms with Gasteiger partial charge in [0, 0.05) is 15.0 Å². The van der Waals surface area contributed by atoms with E-state index in [-0.39, 0.29) is 5.54 Å². The van der Waals surface area contributed by atoms with Gasteiger partial charge in [0.05, 0.1) is 0 Å². The lowest BCUT2D eigenvalue weighted by Gasteiger charge is -2.38. The maximum Gasteiger partial charge on any atom is 0.0420 e. The Balaban J connectivity index is 2.39. The molecule has 1 aromatic rings. The Hall–Kier alpha value is -0.0500. The van der Waals surface area contributed by atoms with E-state index in [0.717, 1.165) is 27.9 Å². The van der Waals surface area contributed by atoms with Gasteiger partial charge in [-0.2, -0.15) is 0 Å². The first-order chi connectivity index (χ1) is 6.10. The van der Waals surface area contributed by atoms with E-state index >= 15 is 0 Å². The molecule has 1 fully saturated rings. The Morgan fingerprint density at radius 1 is 1.31 bits per heavy atom. The van der Waals surface area contributed by atoms with Crippen molar-refractivity contribution in [3.63, 3.8) is 0 Å². The second-order valence-electron chi connectivity index (χ2n) is 3.67. The standard InChI is InChI=1S/C10H11BrClN/c11-8-4-7(5-9(12)6-8)10(13)2-1-3-10/h4-6H,1-3,13H2. The highest BCUT2D eigenvalue weighted by Crippen LogP contribution is 2.40. The monoisotopic (exact) mass is 259 g/mol. The van der Waals surface area contributed by atoms with Gasteiger partial charge in [-0.1, -0.05) is 27.5 Å². The SMILES string of the molecule is NC1(c2cc(Cl)cc(Br)c2)CCC1. The summed E-state index contributed by atoms with van der Waals surface area (Å²) < 4.78 is 1.01. The van der Waals surface area contributed by atoms with Gasteiger partial charge in [-0.15, -0.1) is 0 Å². The van der Waals surface area contributed by atoms with Crippen molar-refractivity contribution in [2.24, 2.45) is 5.73 Å². The summed E-state index contributed by atoms with van der Waals surface area (Å²) in [6.45, 7) is 0. The summed E-state index contributed by atoms with van der Waals surface area (Å²) >= 11 is 9.37. The lowest BCUT2D eigenvalue weighted by Crippen LogP contribution is -2.43. The Kier molecular flexibility index (Phi) is 2.39. The Morgan fingerprint density at radius 2 is 2.00 bits per heavy atom. The number of hydrogen-bond acceptors (Lipinski definition) is 1. The zero-order valence-electron chi connectivity index (χ0n) is 7.19. The fraction of sp³-hybridized carbons (Fsp3) is 0.400. The van der Waals surface area contributed by atoms with Crippen LogP contribution in [0, 0.1) is 0 Å². The van der Waals surface area contributed by atoms with E-state index in [2.05, 4.69) is 22.0 Å². The molecule has 0 aromatic heterocycles. The van der Waals surface area contributed by atoms with Crippen LogP contribution in [0.4, 0.5) is 0 Å². The quantitative estimate of drug-likeness (QED) is 0.822. The van der Waals surface area contributed by atoms with Crippen LogP contribution in [0.1, 0.15) is 24.8 Å². The molecular weight excluding hydrogens is 249 g/mol. The van der Waals surface area contributed by atoms with Gasteiger partial charge >= 0.3 is 0 Å². The smallest absolute Gasteiger partial charge is 0.0420 e. The number of hydrogen-bond donors (Lipinski definition) is 1. The third-order valence-corrected chi connectivity index (χ3v) is 3.36. The average Bonchev–Trinajstić information content (AvgIpc) is 1.98. The molecule has 3 heteroatoms. The van der Waals surface area contributed by atoms with Crippen molar-refractivity contribution < 1.29 is 0 Å². The third-order valence-electron chi connectivity index (χ3n) is 2.68. The molecule has 0 saturated heterocycles. The van der Waals surface area contributed by atoms with Gasteiger partial charge in [-0.25, -0.2) is 0 Å². The third kappa shape index (κ3) is 1.76. The van der Waals surface area contributed by atoms with Crippen molar-refractivity contribution in [1.82, 2.24) is 0 Å². The second kappa shape index (κ2) is 3.26. The summed E-state index contributed by atoms with van der Waals surface area (Å²) in [5.74, 6) is 0. The van der Waals surface area contributed by atoms with Crippen molar-refractivity contribution in [3.05, 3.63) is 33.3 Å². The van der Waals surface area contributed by atoms with Crippen molar-refractivity contribution in [3.8, 4) is 0 Å². The minimum atomic E-state index is -0.118. The Bertz CT molecular complexity index is 313. The zero-order chi connectivity index (χ0) is 9.47. The van der Waals surface area contributed by atoms with Gasteiger partial charge in [-0.3, -0.25) is 0 Å². The summed E-state index contributed by atoms with van der Waals surface area (Å²) in [6.07, 6.45) is 3.36. The van der Waals surface area contributed by atoms with Gasteiger partial charge in [0.1, 0.15) is 0 Å². The lowest BCUT2D eigenvalue weighted by atomic mass is 9.73. The first-order valence-electron chi connectivity index (χ1n) is 4.36. The van der Waals surface area contributed by atoms with Crippen molar-refractivity contribution in [2.45, 2.75) is 24.8 Å². The minimum absolute atomic E-state index is 0.118. The topological polar surface area (TPSA) is 26.0 Å². The molecule has 0 aliphatic heterocycles. The molecule has 0 amide bonds. The zero-order valence-corrected chi connectivity index (χ0v) is 9.53. The highest BCUT2D eigenvalue weighted by atomic mass is 79.9. The largest absolute Gasteiger partial charge is 0.321 e. The van der Waals surface area contributed by atoms with Crippen LogP contribution in [0.2, 0.25) is 5.02 Å². The maximum absolute atomic E-state index is 6.18. The summed E-state index contributed by atoms with van der Waals surface area (Å²) in [5, 5.41) is 0.751. The van der Waals surface area contributed by atoms with Gasteiger partial charge in [0.15, 0.2) is 0 Å². The van der Waals surface area contributed by atoms with E-state index in [9.17, 15) is 0 Å². The minimum Gasteiger partial charge on any atom is -0.321 e. The summed E-state index contributed by atoms with van der Waals surface area (Å²) in [7, 11) is 0. The van der Waals surface area contributed by atoms with E-state index in [1.54, 1.807) is 0 Å². The van der Waals surface area contributed by atoms with Crippen LogP contribution in [-0.2, 0) is 5.54 Å². The van der Waals surface area contributed by atoms with Gasteiger partial charge in [0.25, 0.3) is 0 Å². The second-order valence-corrected chi connectivity index (χ2v) is 5.02. The molecular formula is C10H11BrClN. The maximum atomic E-state index is 6.18. The Morgan fingerprint density at radius 3 is 2.46 bits per heavy atom. The molecule has 1 aliphatic rings. The normalized spacial score (nSPS) is 19.6. The van der Waals surface area contributed by atoms with Gasteiger partial charge < -0.3 is 5.73 Å². The van der Waals surface area contributed by atoms with Crippen LogP contribution in [0.5, 0.6) is 0 Å². The molecule has 1 aromatic carbocycles. The number of halogens is 2. The number of rotatable bonds is 1. The summed E-state index contributed by atoms with van der Waals surface area (Å²) in [6, 6.07) is 5.91. The molecule has 0 spiro atoms. The molecule has 0 atom stereocenters. The molecule has 2 rings (SSSR count). The molecule has 1 aliphatic carbocycles. The van der Waals surface area contributed by atoms with Crippen LogP contribution < -0.4 is 5.73 Å². The molecule has 1 saturated carbocycles. The lowest BCUT2D eigenvalue weighted by molar-refractivity contribution is 0.253. The fourth-order valence-electron chi connectivity index (χ4n) is 1.69. The summed E-state index contributed by atoms with van der Waals surface area (Å²) in [4.78, 5) is 0. The predicted molar refractivity (Wildman–Crippen MR) is 58.9 cm³/mol. The number of nitrogens with two attached hydrogens (primary N) is 1. The molecule has 1 nitrogen and oxygen atoms in total. The average molecular weight is 261 g/mol. The molecule has 13 heavy (non-hydrogen) atoms. The van der Waals surface area contributed by atoms with Crippen molar-refractivity contribution in [2.75, 3.05) is 0 Å². The van der Waals surface area contributed by atoms with Gasteiger partial charge in [0.2, 0.25) is 0 Å². The number of benzene rings is 1. The molecule has 0 unspecified atom stereocenters. The molecule has 0 bridgehead atoms. The van der Waals surface area contributed by atoms with E-state index in [1.807, 2.05) is 12.1 Å². The summed E-state index contributed by atoms with van der Waals surface area (Å²) in [5.41, 5.74) is 7.22. The van der Waals surface area contributed by atoms with E-state index in [0.29, 0.717) is 0 Å². The van der Waals surface area contributed by atoms with Crippen LogP contribution in [0.25, 0.3) is 0 Å². The van der Waals surface area contributed by atoms with E-state index in [4.69, 9.17) is 17.3 Å². The van der Waals surface area contributed by atoms with Crippen LogP contribution in [0.15, 0.2) is 22.7 Å². The Labute approximate surface area is 91.4 Å². The molecule has 70 valence electrons. The predicted octanol–water partition coefficient (Wildman–Crippen LogP) is 3.44. The van der Waals surface area contributed by atoms with Gasteiger partial charge in [-0.05, 0) is 43.0 Å². The first-order valence-corrected chi connectivity index (χ1v) is 5.53. The van der Waals surface area contributed by atoms with Crippen molar-refractivity contribution in [1.29, 1.82) is 0 Å². The van der Waals surface area contributed by atoms with E-state index in [1.165, 1.54) is 6.42 Å². The van der Waals surface area contributed by atoms with Crippen LogP contribution in [-0.4, -0.2) is 0 Å². The molecule has 0 radical (unpaired) electrons. The fourth-order valence-corrected chi connectivity index (χ4v) is 2.55.